The molecule has 1 rings (SSSR count). The molecule has 0 amide bonds. The van der Waals surface area contributed by atoms with Crippen LogP contribution in [0.3, 0.4) is 0 Å². The maximum atomic E-state index is 6.14. The van der Waals surface area contributed by atoms with Crippen LogP contribution in [0.25, 0.3) is 0 Å². The van der Waals surface area contributed by atoms with Crippen molar-refractivity contribution in [2.75, 3.05) is 0 Å². The first-order valence-electron chi connectivity index (χ1n) is 4.34. The van der Waals surface area contributed by atoms with E-state index in [2.05, 4.69) is 34.8 Å². The van der Waals surface area contributed by atoms with E-state index in [1.54, 1.807) is 6.20 Å². The Kier molecular flexibility index (Phi) is 4.20. The number of rotatable bonds is 3. The second kappa shape index (κ2) is 4.97. The predicted molar refractivity (Wildman–Crippen MR) is 60.1 cm³/mol. The summed E-state index contributed by atoms with van der Waals surface area (Å²) >= 11 is 9.48. The van der Waals surface area contributed by atoms with Crippen LogP contribution in [0.5, 0.6) is 0 Å². The number of pyridine rings is 1. The Morgan fingerprint density at radius 2 is 2.15 bits per heavy atom. The molecular weight excluding hydrogens is 249 g/mol. The van der Waals surface area contributed by atoms with E-state index < -0.39 is 0 Å². The maximum absolute atomic E-state index is 6.14. The van der Waals surface area contributed by atoms with Gasteiger partial charge in [-0.2, -0.15) is 0 Å². The summed E-state index contributed by atoms with van der Waals surface area (Å²) in [5.74, 6) is 0.493. The van der Waals surface area contributed by atoms with Gasteiger partial charge in [0.2, 0.25) is 0 Å². The molecule has 0 aliphatic heterocycles. The van der Waals surface area contributed by atoms with E-state index in [9.17, 15) is 0 Å². The van der Waals surface area contributed by atoms with Gasteiger partial charge in [-0.1, -0.05) is 13.8 Å². The van der Waals surface area contributed by atoms with Gasteiger partial charge in [-0.3, -0.25) is 4.98 Å². The fourth-order valence-corrected chi connectivity index (χ4v) is 1.36. The lowest BCUT2D eigenvalue weighted by atomic mass is 10.1. The molecule has 0 aliphatic rings. The molecule has 0 spiro atoms. The van der Waals surface area contributed by atoms with E-state index in [1.807, 2.05) is 12.1 Å². The lowest BCUT2D eigenvalue weighted by Crippen LogP contribution is -2.11. The zero-order chi connectivity index (χ0) is 9.84. The van der Waals surface area contributed by atoms with Gasteiger partial charge < -0.3 is 0 Å². The summed E-state index contributed by atoms with van der Waals surface area (Å²) in [4.78, 5) is 4.27. The van der Waals surface area contributed by atoms with Crippen molar-refractivity contribution in [1.82, 2.24) is 4.98 Å². The normalized spacial score (nSPS) is 13.3. The monoisotopic (exact) mass is 261 g/mol. The van der Waals surface area contributed by atoms with Crippen molar-refractivity contribution in [3.8, 4) is 0 Å². The molecule has 0 bridgehead atoms. The third-order valence-corrected chi connectivity index (χ3v) is 3.04. The van der Waals surface area contributed by atoms with Crippen molar-refractivity contribution >= 4 is 27.5 Å². The molecule has 1 heterocycles. The molecule has 72 valence electrons. The molecule has 0 N–H and O–H groups in total. The van der Waals surface area contributed by atoms with Gasteiger partial charge in [0, 0.05) is 28.2 Å². The lowest BCUT2D eigenvalue weighted by Gasteiger charge is -2.12. The Hall–Kier alpha value is -0.0800. The van der Waals surface area contributed by atoms with Crippen molar-refractivity contribution in [3.63, 3.8) is 0 Å². The largest absolute Gasteiger partial charge is 0.260 e. The van der Waals surface area contributed by atoms with E-state index in [0.717, 1.165) is 16.6 Å². The number of nitrogens with zero attached hydrogens (tertiary/aromatic N) is 1. The Balaban J connectivity index is 2.59. The third-order valence-electron chi connectivity index (χ3n) is 1.92. The molecule has 0 saturated heterocycles. The predicted octanol–water partition coefficient (Wildman–Crippen LogP) is 3.65. The standard InChI is InChI=1S/C10H13BrClN/c1-7(2)10(12)5-9-4-3-8(11)6-13-9/h3-4,6-7,10H,5H2,1-2H3. The van der Waals surface area contributed by atoms with E-state index in [-0.39, 0.29) is 5.38 Å². The van der Waals surface area contributed by atoms with Gasteiger partial charge in [-0.25, -0.2) is 0 Å². The van der Waals surface area contributed by atoms with Gasteiger partial charge in [-0.05, 0) is 34.0 Å². The molecule has 3 heteroatoms. The minimum Gasteiger partial charge on any atom is -0.260 e. The zero-order valence-electron chi connectivity index (χ0n) is 7.80. The number of alkyl halides is 1. The average molecular weight is 263 g/mol. The van der Waals surface area contributed by atoms with E-state index in [0.29, 0.717) is 5.92 Å². The summed E-state index contributed by atoms with van der Waals surface area (Å²) in [5.41, 5.74) is 1.05. The van der Waals surface area contributed by atoms with Gasteiger partial charge in [-0.15, -0.1) is 11.6 Å². The molecule has 13 heavy (non-hydrogen) atoms. The summed E-state index contributed by atoms with van der Waals surface area (Å²) in [6, 6.07) is 3.99. The van der Waals surface area contributed by atoms with Crippen molar-refractivity contribution in [1.29, 1.82) is 0 Å². The third kappa shape index (κ3) is 3.65. The lowest BCUT2D eigenvalue weighted by molar-refractivity contribution is 0.591. The van der Waals surface area contributed by atoms with Crippen LogP contribution in [0.2, 0.25) is 0 Å². The highest BCUT2D eigenvalue weighted by molar-refractivity contribution is 9.10. The molecule has 1 nitrogen and oxygen atoms in total. The molecule has 1 unspecified atom stereocenters. The van der Waals surface area contributed by atoms with Crippen LogP contribution in [0, 0.1) is 5.92 Å². The number of hydrogen-bond donors (Lipinski definition) is 0. The molecule has 1 aromatic rings. The van der Waals surface area contributed by atoms with Gasteiger partial charge in [0.25, 0.3) is 0 Å². The molecule has 0 aliphatic carbocycles. The summed E-state index contributed by atoms with van der Waals surface area (Å²) in [6.45, 7) is 4.24. The number of halogens is 2. The molecule has 0 aromatic carbocycles. The quantitative estimate of drug-likeness (QED) is 0.758. The highest BCUT2D eigenvalue weighted by atomic mass is 79.9. The number of hydrogen-bond acceptors (Lipinski definition) is 1. The summed E-state index contributed by atoms with van der Waals surface area (Å²) in [7, 11) is 0. The van der Waals surface area contributed by atoms with E-state index >= 15 is 0 Å². The smallest absolute Gasteiger partial charge is 0.0419 e. The first-order valence-corrected chi connectivity index (χ1v) is 5.57. The van der Waals surface area contributed by atoms with Crippen LogP contribution < -0.4 is 0 Å². The van der Waals surface area contributed by atoms with Crippen molar-refractivity contribution < 1.29 is 0 Å². The fraction of sp³-hybridized carbons (Fsp3) is 0.500. The zero-order valence-corrected chi connectivity index (χ0v) is 10.1. The van der Waals surface area contributed by atoms with Crippen LogP contribution in [-0.2, 0) is 6.42 Å². The minimum atomic E-state index is 0.175. The highest BCUT2D eigenvalue weighted by Crippen LogP contribution is 2.15. The average Bonchev–Trinajstić information content (AvgIpc) is 2.08. The van der Waals surface area contributed by atoms with Crippen molar-refractivity contribution in [2.24, 2.45) is 5.92 Å². The van der Waals surface area contributed by atoms with Crippen LogP contribution in [-0.4, -0.2) is 10.4 Å². The second-order valence-electron chi connectivity index (χ2n) is 3.43. The van der Waals surface area contributed by atoms with Crippen LogP contribution >= 0.6 is 27.5 Å². The first-order chi connectivity index (χ1) is 6.09. The fourth-order valence-electron chi connectivity index (χ4n) is 0.963. The molecule has 0 fully saturated rings. The molecule has 0 saturated carbocycles. The van der Waals surface area contributed by atoms with Gasteiger partial charge in [0.15, 0.2) is 0 Å². The van der Waals surface area contributed by atoms with Crippen LogP contribution in [0.15, 0.2) is 22.8 Å². The maximum Gasteiger partial charge on any atom is 0.0419 e. The molecular formula is C10H13BrClN. The number of aromatic nitrogens is 1. The Morgan fingerprint density at radius 1 is 1.46 bits per heavy atom. The van der Waals surface area contributed by atoms with Crippen molar-refractivity contribution in [3.05, 3.63) is 28.5 Å². The summed E-state index contributed by atoms with van der Waals surface area (Å²) < 4.78 is 1.01. The Labute approximate surface area is 92.6 Å². The second-order valence-corrected chi connectivity index (χ2v) is 4.91. The summed E-state index contributed by atoms with van der Waals surface area (Å²) in [6.07, 6.45) is 2.64. The van der Waals surface area contributed by atoms with Crippen LogP contribution in [0.4, 0.5) is 0 Å². The topological polar surface area (TPSA) is 12.9 Å². The van der Waals surface area contributed by atoms with Gasteiger partial charge in [0.05, 0.1) is 0 Å². The van der Waals surface area contributed by atoms with Crippen molar-refractivity contribution in [2.45, 2.75) is 25.6 Å². The highest BCUT2D eigenvalue weighted by Gasteiger charge is 2.10. The summed E-state index contributed by atoms with van der Waals surface area (Å²) in [5, 5.41) is 0.175. The van der Waals surface area contributed by atoms with Gasteiger partial charge in [0.1, 0.15) is 0 Å². The Morgan fingerprint density at radius 3 is 2.62 bits per heavy atom. The van der Waals surface area contributed by atoms with E-state index in [1.165, 1.54) is 0 Å². The minimum absolute atomic E-state index is 0.175. The first kappa shape index (κ1) is 11.0. The van der Waals surface area contributed by atoms with Crippen LogP contribution in [0.1, 0.15) is 19.5 Å². The van der Waals surface area contributed by atoms with E-state index in [4.69, 9.17) is 11.6 Å². The molecule has 1 atom stereocenters. The Bertz CT molecular complexity index is 258. The van der Waals surface area contributed by atoms with Gasteiger partial charge >= 0.3 is 0 Å². The molecule has 1 aromatic heterocycles. The molecule has 0 radical (unpaired) electrons. The SMILES string of the molecule is CC(C)C(Cl)Cc1ccc(Br)cn1.